The minimum atomic E-state index is -1.57. The standard InChI is InChI=1S/C62H117NO10/c1-3-5-7-9-11-13-28-32-36-40-44-48-55(65)54(53-72-62-61(70)60(69)59(68)56(52-64)73-62)63-57(66)49-45-41-37-33-30-26-24-22-20-18-16-15-17-19-21-23-25-27-31-35-39-43-47-51-71-58(67)50-46-42-38-34-29-14-12-10-8-6-4-2/h18,20,44,48,54-56,59-62,64-65,68-70H,3-17,19,21-43,45-47,49-53H2,1-2H3,(H,63,66)/b20-18-,48-44+. The molecule has 0 bridgehead atoms. The van der Waals surface area contributed by atoms with Crippen LogP contribution in [0.1, 0.15) is 296 Å². The van der Waals surface area contributed by atoms with E-state index in [0.29, 0.717) is 19.4 Å². The molecule has 11 nitrogen and oxygen atoms in total. The molecule has 0 aliphatic carbocycles. The van der Waals surface area contributed by atoms with Crippen LogP contribution in [0, 0.1) is 0 Å². The first-order valence-electron chi connectivity index (χ1n) is 31.1. The van der Waals surface area contributed by atoms with Crippen LogP contribution >= 0.6 is 0 Å². The molecule has 1 rings (SSSR count). The summed E-state index contributed by atoms with van der Waals surface area (Å²) in [6.45, 7) is 4.34. The van der Waals surface area contributed by atoms with Crippen LogP contribution in [0.3, 0.4) is 0 Å². The number of esters is 1. The fraction of sp³-hybridized carbons (Fsp3) is 0.903. The molecule has 1 fully saturated rings. The zero-order valence-corrected chi connectivity index (χ0v) is 47.4. The minimum Gasteiger partial charge on any atom is -0.466 e. The topological polar surface area (TPSA) is 175 Å². The number of allylic oxidation sites excluding steroid dienone is 3. The molecular weight excluding hydrogens is 919 g/mol. The highest BCUT2D eigenvalue weighted by Gasteiger charge is 2.44. The van der Waals surface area contributed by atoms with Gasteiger partial charge in [0.15, 0.2) is 6.29 Å². The van der Waals surface area contributed by atoms with E-state index >= 15 is 0 Å². The minimum absolute atomic E-state index is 0.000460. The first kappa shape index (κ1) is 69.2. The molecular formula is C62H117NO10. The molecule has 11 heteroatoms. The lowest BCUT2D eigenvalue weighted by molar-refractivity contribution is -0.302. The Morgan fingerprint density at radius 1 is 0.493 bits per heavy atom. The maximum absolute atomic E-state index is 13.0. The summed E-state index contributed by atoms with van der Waals surface area (Å²) in [5.74, 6) is -0.188. The number of carbonyl (C=O) groups excluding carboxylic acids is 2. The molecule has 0 aromatic heterocycles. The number of aliphatic hydroxyl groups excluding tert-OH is 5. The first-order chi connectivity index (χ1) is 35.7. The zero-order chi connectivity index (χ0) is 53.1. The summed E-state index contributed by atoms with van der Waals surface area (Å²) in [6, 6.07) is -0.813. The van der Waals surface area contributed by atoms with Crippen molar-refractivity contribution in [3.05, 3.63) is 24.3 Å². The van der Waals surface area contributed by atoms with E-state index in [2.05, 4.69) is 31.3 Å². The summed E-state index contributed by atoms with van der Waals surface area (Å²) >= 11 is 0. The lowest BCUT2D eigenvalue weighted by atomic mass is 9.99. The number of amides is 1. The van der Waals surface area contributed by atoms with Crippen molar-refractivity contribution in [3.63, 3.8) is 0 Å². The molecule has 7 unspecified atom stereocenters. The molecule has 430 valence electrons. The Bertz CT molecular complexity index is 1260. The van der Waals surface area contributed by atoms with Gasteiger partial charge in [0.1, 0.15) is 24.4 Å². The second-order valence-electron chi connectivity index (χ2n) is 21.8. The molecule has 0 aromatic rings. The van der Waals surface area contributed by atoms with Crippen molar-refractivity contribution in [2.24, 2.45) is 0 Å². The molecule has 73 heavy (non-hydrogen) atoms. The maximum atomic E-state index is 13.0. The van der Waals surface area contributed by atoms with Crippen LogP contribution in [-0.2, 0) is 23.8 Å². The van der Waals surface area contributed by atoms with E-state index in [4.69, 9.17) is 14.2 Å². The van der Waals surface area contributed by atoms with Gasteiger partial charge < -0.3 is 45.1 Å². The molecule has 1 aliphatic rings. The number of aliphatic hydroxyl groups is 5. The molecule has 1 heterocycles. The van der Waals surface area contributed by atoms with Gasteiger partial charge in [0.2, 0.25) is 5.91 Å². The van der Waals surface area contributed by atoms with Crippen molar-refractivity contribution in [1.82, 2.24) is 5.32 Å². The van der Waals surface area contributed by atoms with E-state index in [1.54, 1.807) is 6.08 Å². The van der Waals surface area contributed by atoms with E-state index in [0.717, 1.165) is 70.6 Å². The molecule has 0 aromatic carbocycles. The van der Waals surface area contributed by atoms with E-state index in [1.165, 1.54) is 199 Å². The van der Waals surface area contributed by atoms with Crippen LogP contribution in [0.5, 0.6) is 0 Å². The fourth-order valence-corrected chi connectivity index (χ4v) is 9.84. The van der Waals surface area contributed by atoms with Crippen LogP contribution in [0.25, 0.3) is 0 Å². The van der Waals surface area contributed by atoms with Crippen LogP contribution in [0.2, 0.25) is 0 Å². The van der Waals surface area contributed by atoms with Crippen LogP contribution in [-0.4, -0.2) is 100 Å². The predicted octanol–water partition coefficient (Wildman–Crippen LogP) is 14.5. The largest absolute Gasteiger partial charge is 0.466 e. The second-order valence-corrected chi connectivity index (χ2v) is 21.8. The molecule has 1 amide bonds. The first-order valence-corrected chi connectivity index (χ1v) is 31.1. The summed E-state index contributed by atoms with van der Waals surface area (Å²) in [5, 5.41) is 54.3. The Hall–Kier alpha value is -1.86. The van der Waals surface area contributed by atoms with Gasteiger partial charge in [-0.15, -0.1) is 0 Å². The average Bonchev–Trinajstić information content (AvgIpc) is 3.39. The molecule has 6 N–H and O–H groups in total. The lowest BCUT2D eigenvalue weighted by Gasteiger charge is -2.40. The SMILES string of the molecule is CCCCCCCCCCC/C=C/C(O)C(COC1OC(CO)C(O)C(O)C1O)NC(=O)CCCCCCCCC/C=C\CCCCCCCCCCCCCCOC(=O)CCCCCCCCCCCCC. The smallest absolute Gasteiger partial charge is 0.305 e. The highest BCUT2D eigenvalue weighted by Crippen LogP contribution is 2.23. The monoisotopic (exact) mass is 1040 g/mol. The number of hydrogen-bond donors (Lipinski definition) is 6. The van der Waals surface area contributed by atoms with Crippen LogP contribution < -0.4 is 5.32 Å². The average molecular weight is 1040 g/mol. The van der Waals surface area contributed by atoms with Crippen molar-refractivity contribution >= 4 is 11.9 Å². The maximum Gasteiger partial charge on any atom is 0.305 e. The molecule has 7 atom stereocenters. The highest BCUT2D eigenvalue weighted by atomic mass is 16.7. The number of unbranched alkanes of at least 4 members (excludes halogenated alkanes) is 38. The van der Waals surface area contributed by atoms with Gasteiger partial charge in [-0.3, -0.25) is 9.59 Å². The van der Waals surface area contributed by atoms with Gasteiger partial charge in [-0.25, -0.2) is 0 Å². The molecule has 1 saturated heterocycles. The molecule has 0 radical (unpaired) electrons. The number of ether oxygens (including phenoxy) is 3. The zero-order valence-electron chi connectivity index (χ0n) is 47.4. The van der Waals surface area contributed by atoms with Gasteiger partial charge in [0, 0.05) is 12.8 Å². The van der Waals surface area contributed by atoms with E-state index in [9.17, 15) is 35.1 Å². The third-order valence-electron chi connectivity index (χ3n) is 14.8. The number of carbonyl (C=O) groups is 2. The summed E-state index contributed by atoms with van der Waals surface area (Å²) in [7, 11) is 0. The van der Waals surface area contributed by atoms with Crippen molar-refractivity contribution in [2.75, 3.05) is 19.8 Å². The van der Waals surface area contributed by atoms with Crippen molar-refractivity contribution in [1.29, 1.82) is 0 Å². The number of nitrogens with one attached hydrogen (secondary N) is 1. The van der Waals surface area contributed by atoms with Crippen molar-refractivity contribution in [2.45, 2.75) is 339 Å². The van der Waals surface area contributed by atoms with Gasteiger partial charge >= 0.3 is 5.97 Å². The van der Waals surface area contributed by atoms with Gasteiger partial charge in [-0.05, 0) is 57.8 Å². The number of hydrogen-bond acceptors (Lipinski definition) is 10. The lowest BCUT2D eigenvalue weighted by Crippen LogP contribution is -2.60. The Labute approximate surface area is 448 Å². The summed E-state index contributed by atoms with van der Waals surface area (Å²) in [6.07, 6.45) is 52.8. The normalized spacial score (nSPS) is 19.0. The van der Waals surface area contributed by atoms with E-state index < -0.39 is 49.5 Å². The Morgan fingerprint density at radius 3 is 1.32 bits per heavy atom. The van der Waals surface area contributed by atoms with Crippen molar-refractivity contribution in [3.8, 4) is 0 Å². The summed E-state index contributed by atoms with van der Waals surface area (Å²) in [4.78, 5) is 25.0. The number of rotatable bonds is 54. The summed E-state index contributed by atoms with van der Waals surface area (Å²) < 4.78 is 16.7. The second kappa shape index (κ2) is 52.2. The Kier molecular flexibility index (Phi) is 49.5. The Balaban J connectivity index is 2.04. The quantitative estimate of drug-likeness (QED) is 0.0195. The predicted molar refractivity (Wildman–Crippen MR) is 301 cm³/mol. The van der Waals surface area contributed by atoms with Crippen molar-refractivity contribution < 1.29 is 49.3 Å². The highest BCUT2D eigenvalue weighted by molar-refractivity contribution is 5.76. The fourth-order valence-electron chi connectivity index (χ4n) is 9.84. The van der Waals surface area contributed by atoms with E-state index in [-0.39, 0.29) is 18.5 Å². The van der Waals surface area contributed by atoms with Gasteiger partial charge in [0.25, 0.3) is 0 Å². The third kappa shape index (κ3) is 41.9. The van der Waals surface area contributed by atoms with Gasteiger partial charge in [-0.2, -0.15) is 0 Å². The summed E-state index contributed by atoms with van der Waals surface area (Å²) in [5.41, 5.74) is 0. The third-order valence-corrected chi connectivity index (χ3v) is 14.8. The molecule has 0 saturated carbocycles. The van der Waals surface area contributed by atoms with E-state index in [1.807, 2.05) is 6.08 Å². The van der Waals surface area contributed by atoms with Crippen LogP contribution in [0.15, 0.2) is 24.3 Å². The molecule has 0 spiro atoms. The van der Waals surface area contributed by atoms with Crippen LogP contribution in [0.4, 0.5) is 0 Å². The molecule has 1 aliphatic heterocycles. The van der Waals surface area contributed by atoms with Gasteiger partial charge in [0.05, 0.1) is 32.0 Å². The van der Waals surface area contributed by atoms with Gasteiger partial charge in [-0.1, -0.05) is 250 Å². The Morgan fingerprint density at radius 2 is 0.877 bits per heavy atom.